The van der Waals surface area contributed by atoms with Crippen LogP contribution < -0.4 is 10.3 Å². The van der Waals surface area contributed by atoms with E-state index in [1.54, 1.807) is 10.7 Å². The second-order valence-electron chi connectivity index (χ2n) is 5.95. The van der Waals surface area contributed by atoms with Crippen LogP contribution in [-0.2, 0) is 16.6 Å². The number of hydrogen-bond donors (Lipinski definition) is 1. The van der Waals surface area contributed by atoms with Crippen LogP contribution in [0.2, 0.25) is 0 Å². The van der Waals surface area contributed by atoms with Gasteiger partial charge in [0.15, 0.2) is 5.82 Å². The lowest BCUT2D eigenvalue weighted by Gasteiger charge is -2.10. The van der Waals surface area contributed by atoms with Crippen molar-refractivity contribution in [1.29, 1.82) is 0 Å². The Bertz CT molecular complexity index is 1140. The fourth-order valence-electron chi connectivity index (χ4n) is 2.58. The van der Waals surface area contributed by atoms with Gasteiger partial charge >= 0.3 is 0 Å². The van der Waals surface area contributed by atoms with Crippen molar-refractivity contribution in [1.82, 2.24) is 24.3 Å². The third kappa shape index (κ3) is 4.29. The molecule has 0 bridgehead atoms. The summed E-state index contributed by atoms with van der Waals surface area (Å²) in [4.78, 5) is 11.8. The lowest BCUT2D eigenvalue weighted by Crippen LogP contribution is -2.32. The van der Waals surface area contributed by atoms with E-state index in [9.17, 15) is 17.6 Å². The van der Waals surface area contributed by atoms with Gasteiger partial charge in [0, 0.05) is 18.3 Å². The SMILES string of the molecule is Cc1cc(C)n(-c2ccc(=O)n(CCNS(=O)(=O)c3cccc(F)c3)n2)n1. The molecule has 0 spiro atoms. The van der Waals surface area contributed by atoms with Gasteiger partial charge in [0.2, 0.25) is 10.0 Å². The summed E-state index contributed by atoms with van der Waals surface area (Å²) in [6.07, 6.45) is 0. The van der Waals surface area contributed by atoms with Gasteiger partial charge in [-0.05, 0) is 44.2 Å². The van der Waals surface area contributed by atoms with Gasteiger partial charge in [-0.2, -0.15) is 5.10 Å². The first kappa shape index (κ1) is 18.9. The second kappa shape index (κ2) is 7.41. The summed E-state index contributed by atoms with van der Waals surface area (Å²) in [6.45, 7) is 3.65. The fourth-order valence-corrected chi connectivity index (χ4v) is 3.63. The van der Waals surface area contributed by atoms with E-state index < -0.39 is 15.8 Å². The molecule has 1 N–H and O–H groups in total. The van der Waals surface area contributed by atoms with Crippen LogP contribution in [0.1, 0.15) is 11.4 Å². The third-order valence-corrected chi connectivity index (χ3v) is 5.26. The van der Waals surface area contributed by atoms with Crippen molar-refractivity contribution < 1.29 is 12.8 Å². The Morgan fingerprint density at radius 2 is 1.89 bits per heavy atom. The molecule has 142 valence electrons. The molecule has 8 nitrogen and oxygen atoms in total. The van der Waals surface area contributed by atoms with Crippen LogP contribution in [0, 0.1) is 19.7 Å². The number of aryl methyl sites for hydroxylation is 2. The lowest BCUT2D eigenvalue weighted by atomic mass is 10.4. The number of rotatable bonds is 6. The number of hydrogen-bond acceptors (Lipinski definition) is 5. The summed E-state index contributed by atoms with van der Waals surface area (Å²) in [6, 6.07) is 9.47. The zero-order valence-electron chi connectivity index (χ0n) is 14.8. The molecule has 0 saturated carbocycles. The number of benzene rings is 1. The highest BCUT2D eigenvalue weighted by Gasteiger charge is 2.14. The molecule has 10 heteroatoms. The first-order valence-electron chi connectivity index (χ1n) is 8.13. The maximum atomic E-state index is 13.2. The second-order valence-corrected chi connectivity index (χ2v) is 7.71. The van der Waals surface area contributed by atoms with Gasteiger partial charge in [0.25, 0.3) is 5.56 Å². The number of aromatic nitrogens is 4. The van der Waals surface area contributed by atoms with Crippen molar-refractivity contribution in [2.75, 3.05) is 6.54 Å². The first-order valence-corrected chi connectivity index (χ1v) is 9.62. The molecule has 3 aromatic rings. The van der Waals surface area contributed by atoms with Gasteiger partial charge in [0.05, 0.1) is 17.1 Å². The normalized spacial score (nSPS) is 11.7. The van der Waals surface area contributed by atoms with Crippen molar-refractivity contribution >= 4 is 10.0 Å². The smallest absolute Gasteiger partial charge is 0.266 e. The van der Waals surface area contributed by atoms with Crippen LogP contribution in [0.4, 0.5) is 4.39 Å². The van der Waals surface area contributed by atoms with Crippen molar-refractivity contribution in [3.05, 3.63) is 70.0 Å². The molecule has 0 aliphatic rings. The number of sulfonamides is 1. The number of halogens is 1. The minimum Gasteiger partial charge on any atom is -0.268 e. The van der Waals surface area contributed by atoms with E-state index in [0.717, 1.165) is 28.2 Å². The molecule has 0 aliphatic carbocycles. The third-order valence-electron chi connectivity index (χ3n) is 3.80. The van der Waals surface area contributed by atoms with E-state index in [1.165, 1.54) is 18.2 Å². The molecule has 2 heterocycles. The van der Waals surface area contributed by atoms with E-state index in [2.05, 4.69) is 14.9 Å². The highest BCUT2D eigenvalue weighted by molar-refractivity contribution is 7.89. The quantitative estimate of drug-likeness (QED) is 0.680. The molecule has 1 aromatic carbocycles. The minimum absolute atomic E-state index is 0.0144. The first-order chi connectivity index (χ1) is 12.8. The van der Waals surface area contributed by atoms with Gasteiger partial charge in [0.1, 0.15) is 5.82 Å². The highest BCUT2D eigenvalue weighted by atomic mass is 32.2. The average molecular weight is 391 g/mol. The molecular weight excluding hydrogens is 373 g/mol. The Labute approximate surface area is 155 Å². The summed E-state index contributed by atoms with van der Waals surface area (Å²) in [5.41, 5.74) is 1.30. The molecule has 0 unspecified atom stereocenters. The molecular formula is C17H18FN5O3S. The maximum absolute atomic E-state index is 13.2. The van der Waals surface area contributed by atoms with Crippen LogP contribution in [0.5, 0.6) is 0 Å². The monoisotopic (exact) mass is 391 g/mol. The predicted molar refractivity (Wildman–Crippen MR) is 96.7 cm³/mol. The Kier molecular flexibility index (Phi) is 5.19. The van der Waals surface area contributed by atoms with Crippen molar-refractivity contribution in [3.63, 3.8) is 0 Å². The molecule has 3 rings (SSSR count). The number of nitrogens with zero attached hydrogens (tertiary/aromatic N) is 4. The van der Waals surface area contributed by atoms with Crippen LogP contribution in [0.3, 0.4) is 0 Å². The molecule has 0 atom stereocenters. The average Bonchev–Trinajstić information content (AvgIpc) is 2.95. The van der Waals surface area contributed by atoms with E-state index in [4.69, 9.17) is 0 Å². The largest absolute Gasteiger partial charge is 0.268 e. The Hall–Kier alpha value is -2.85. The van der Waals surface area contributed by atoms with Gasteiger partial charge in [-0.25, -0.2) is 26.9 Å². The van der Waals surface area contributed by atoms with Crippen LogP contribution >= 0.6 is 0 Å². The van der Waals surface area contributed by atoms with Crippen LogP contribution in [-0.4, -0.2) is 34.5 Å². The molecule has 27 heavy (non-hydrogen) atoms. The predicted octanol–water partition coefficient (Wildman–Crippen LogP) is 1.16. The molecule has 0 radical (unpaired) electrons. The fraction of sp³-hybridized carbons (Fsp3) is 0.235. The molecule has 0 saturated heterocycles. The number of nitrogens with one attached hydrogen (secondary N) is 1. The van der Waals surface area contributed by atoms with Crippen LogP contribution in [0.25, 0.3) is 5.82 Å². The zero-order valence-corrected chi connectivity index (χ0v) is 15.6. The molecule has 2 aromatic heterocycles. The van der Waals surface area contributed by atoms with Crippen molar-refractivity contribution in [2.45, 2.75) is 25.3 Å². The van der Waals surface area contributed by atoms with Gasteiger partial charge in [-0.3, -0.25) is 4.79 Å². The summed E-state index contributed by atoms with van der Waals surface area (Å²) >= 11 is 0. The van der Waals surface area contributed by atoms with E-state index in [-0.39, 0.29) is 23.5 Å². The van der Waals surface area contributed by atoms with E-state index >= 15 is 0 Å². The Morgan fingerprint density at radius 1 is 1.11 bits per heavy atom. The van der Waals surface area contributed by atoms with Crippen molar-refractivity contribution in [2.24, 2.45) is 0 Å². The summed E-state index contributed by atoms with van der Waals surface area (Å²) in [5, 5.41) is 8.54. The molecule has 0 aliphatic heterocycles. The Balaban J connectivity index is 1.75. The zero-order chi connectivity index (χ0) is 19.6. The van der Waals surface area contributed by atoms with E-state index in [0.29, 0.717) is 5.82 Å². The summed E-state index contributed by atoms with van der Waals surface area (Å²) in [7, 11) is -3.88. The highest BCUT2D eigenvalue weighted by Crippen LogP contribution is 2.10. The molecule has 0 amide bonds. The van der Waals surface area contributed by atoms with Crippen LogP contribution in [0.15, 0.2) is 52.2 Å². The van der Waals surface area contributed by atoms with Gasteiger partial charge in [-0.15, -0.1) is 5.10 Å². The topological polar surface area (TPSA) is 98.9 Å². The summed E-state index contributed by atoms with van der Waals surface area (Å²) < 4.78 is 42.7. The standard InChI is InChI=1S/C17H18FN5O3S/c1-12-10-13(2)23(20-12)16-6-7-17(24)22(21-16)9-8-19-27(25,26)15-5-3-4-14(18)11-15/h3-7,10-11,19H,8-9H2,1-2H3. The molecule has 0 fully saturated rings. The van der Waals surface area contributed by atoms with Gasteiger partial charge < -0.3 is 0 Å². The van der Waals surface area contributed by atoms with E-state index in [1.807, 2.05) is 19.9 Å². The minimum atomic E-state index is -3.88. The summed E-state index contributed by atoms with van der Waals surface area (Å²) in [5.74, 6) is -0.193. The maximum Gasteiger partial charge on any atom is 0.266 e. The van der Waals surface area contributed by atoms with Crippen molar-refractivity contribution in [3.8, 4) is 5.82 Å². The van der Waals surface area contributed by atoms with Gasteiger partial charge in [-0.1, -0.05) is 6.07 Å². The lowest BCUT2D eigenvalue weighted by molar-refractivity contribution is 0.540. The Morgan fingerprint density at radius 3 is 2.56 bits per heavy atom.